The molecule has 0 saturated heterocycles. The van der Waals surface area contributed by atoms with Crippen molar-refractivity contribution in [2.24, 2.45) is 11.5 Å². The van der Waals surface area contributed by atoms with Crippen molar-refractivity contribution in [1.29, 1.82) is 0 Å². The summed E-state index contributed by atoms with van der Waals surface area (Å²) >= 11 is 0. The maximum Gasteiger partial charge on any atom is 0.217 e. The van der Waals surface area contributed by atoms with Crippen molar-refractivity contribution in [1.82, 2.24) is 0 Å². The molecule has 0 saturated carbocycles. The van der Waals surface area contributed by atoms with E-state index in [4.69, 9.17) is 11.5 Å². The SMILES string of the molecule is NC(=O)CC[C@H](N)C(=O)[O-]. The summed E-state index contributed by atoms with van der Waals surface area (Å²) in [5.74, 6) is -1.92. The lowest BCUT2D eigenvalue weighted by molar-refractivity contribution is -0.307. The largest absolute Gasteiger partial charge is 0.548 e. The normalized spacial score (nSPS) is 12.5. The Bertz CT molecular complexity index is 146. The van der Waals surface area contributed by atoms with Crippen LogP contribution in [0.2, 0.25) is 0 Å². The van der Waals surface area contributed by atoms with Gasteiger partial charge in [-0.25, -0.2) is 0 Å². The molecule has 10 heavy (non-hydrogen) atoms. The Balaban J connectivity index is 3.49. The number of amides is 1. The van der Waals surface area contributed by atoms with Gasteiger partial charge in [-0.15, -0.1) is 0 Å². The highest BCUT2D eigenvalue weighted by Crippen LogP contribution is 1.90. The second-order valence-electron chi connectivity index (χ2n) is 1.93. The van der Waals surface area contributed by atoms with Crippen LogP contribution in [0.15, 0.2) is 0 Å². The molecule has 0 aliphatic carbocycles. The number of carbonyl (C=O) groups is 2. The average molecular weight is 145 g/mol. The molecule has 1 atom stereocenters. The summed E-state index contributed by atoms with van der Waals surface area (Å²) < 4.78 is 0. The molecule has 0 heterocycles. The Kier molecular flexibility index (Phi) is 3.42. The highest BCUT2D eigenvalue weighted by Gasteiger charge is 2.04. The second-order valence-corrected chi connectivity index (χ2v) is 1.93. The van der Waals surface area contributed by atoms with Crippen LogP contribution in [-0.2, 0) is 9.59 Å². The van der Waals surface area contributed by atoms with Crippen LogP contribution in [0.3, 0.4) is 0 Å². The number of carbonyl (C=O) groups excluding carboxylic acids is 2. The zero-order valence-electron chi connectivity index (χ0n) is 5.37. The molecule has 0 unspecified atom stereocenters. The Hall–Kier alpha value is -1.10. The number of hydrogen-bond acceptors (Lipinski definition) is 4. The topological polar surface area (TPSA) is 109 Å². The van der Waals surface area contributed by atoms with Gasteiger partial charge in [0.1, 0.15) is 0 Å². The third-order valence-electron chi connectivity index (χ3n) is 1.00. The van der Waals surface area contributed by atoms with E-state index in [1.165, 1.54) is 0 Å². The maximum atomic E-state index is 10.1. The first-order chi connectivity index (χ1) is 4.54. The van der Waals surface area contributed by atoms with E-state index in [1.54, 1.807) is 0 Å². The van der Waals surface area contributed by atoms with Crippen molar-refractivity contribution in [3.8, 4) is 0 Å². The summed E-state index contributed by atoms with van der Waals surface area (Å²) in [4.78, 5) is 20.0. The van der Waals surface area contributed by atoms with Crippen LogP contribution < -0.4 is 16.6 Å². The number of primary amides is 1. The molecule has 5 heteroatoms. The van der Waals surface area contributed by atoms with Gasteiger partial charge < -0.3 is 21.4 Å². The van der Waals surface area contributed by atoms with E-state index < -0.39 is 17.9 Å². The molecule has 58 valence electrons. The fraction of sp³-hybridized carbons (Fsp3) is 0.600. The van der Waals surface area contributed by atoms with Gasteiger partial charge in [0.25, 0.3) is 0 Å². The first-order valence-corrected chi connectivity index (χ1v) is 2.78. The van der Waals surface area contributed by atoms with Crippen LogP contribution in [0.5, 0.6) is 0 Å². The molecule has 1 amide bonds. The van der Waals surface area contributed by atoms with Gasteiger partial charge in [0, 0.05) is 12.5 Å². The first-order valence-electron chi connectivity index (χ1n) is 2.78. The van der Waals surface area contributed by atoms with E-state index in [2.05, 4.69) is 0 Å². The quantitative estimate of drug-likeness (QED) is 0.449. The number of carboxylic acid groups (broad SMARTS) is 1. The minimum Gasteiger partial charge on any atom is -0.548 e. The van der Waals surface area contributed by atoms with E-state index in [1.807, 2.05) is 0 Å². The molecule has 4 N–H and O–H groups in total. The van der Waals surface area contributed by atoms with Crippen LogP contribution in [0, 0.1) is 0 Å². The number of nitrogens with two attached hydrogens (primary N) is 2. The van der Waals surface area contributed by atoms with Crippen molar-refractivity contribution < 1.29 is 14.7 Å². The Morgan fingerprint density at radius 3 is 2.30 bits per heavy atom. The van der Waals surface area contributed by atoms with Gasteiger partial charge >= 0.3 is 0 Å². The average Bonchev–Trinajstić information content (AvgIpc) is 1.82. The van der Waals surface area contributed by atoms with Crippen LogP contribution in [0.25, 0.3) is 0 Å². The number of rotatable bonds is 4. The third-order valence-corrected chi connectivity index (χ3v) is 1.00. The van der Waals surface area contributed by atoms with Crippen LogP contribution >= 0.6 is 0 Å². The molecule has 0 spiro atoms. The number of hydrogen-bond donors (Lipinski definition) is 2. The van der Waals surface area contributed by atoms with Gasteiger partial charge in [-0.2, -0.15) is 0 Å². The van der Waals surface area contributed by atoms with Crippen LogP contribution in [0.4, 0.5) is 0 Å². The standard InChI is InChI=1S/C5H10N2O3/c6-3(5(9)10)1-2-4(7)8/h3H,1-2,6H2,(H2,7,8)(H,9,10)/p-1/t3-/m0/s1. The zero-order chi connectivity index (χ0) is 8.15. The van der Waals surface area contributed by atoms with Crippen molar-refractivity contribution in [3.05, 3.63) is 0 Å². The zero-order valence-corrected chi connectivity index (χ0v) is 5.37. The smallest absolute Gasteiger partial charge is 0.217 e. The van der Waals surface area contributed by atoms with Gasteiger partial charge in [0.15, 0.2) is 0 Å². The van der Waals surface area contributed by atoms with Crippen molar-refractivity contribution in [2.45, 2.75) is 18.9 Å². The maximum absolute atomic E-state index is 10.1. The number of aliphatic carboxylic acids is 1. The molecule has 0 aromatic rings. The van der Waals surface area contributed by atoms with Crippen molar-refractivity contribution in [2.75, 3.05) is 0 Å². The summed E-state index contributed by atoms with van der Waals surface area (Å²) in [6, 6.07) is -1.09. The fourth-order valence-corrected chi connectivity index (χ4v) is 0.416. The molecule has 0 aromatic heterocycles. The molecular weight excluding hydrogens is 136 g/mol. The summed E-state index contributed by atoms with van der Waals surface area (Å²) in [5, 5.41) is 9.92. The monoisotopic (exact) mass is 145 g/mol. The van der Waals surface area contributed by atoms with E-state index in [-0.39, 0.29) is 12.8 Å². The second kappa shape index (κ2) is 3.84. The molecule has 0 aliphatic heterocycles. The summed E-state index contributed by atoms with van der Waals surface area (Å²) in [6.07, 6.45) is 0.0206. The Morgan fingerprint density at radius 2 is 2.00 bits per heavy atom. The summed E-state index contributed by atoms with van der Waals surface area (Å²) in [5.41, 5.74) is 9.73. The molecule has 0 aliphatic rings. The molecule has 0 radical (unpaired) electrons. The third kappa shape index (κ3) is 3.85. The first kappa shape index (κ1) is 8.90. The minimum absolute atomic E-state index is 0.0187. The van der Waals surface area contributed by atoms with Crippen molar-refractivity contribution in [3.63, 3.8) is 0 Å². The predicted octanol–water partition coefficient (Wildman–Crippen LogP) is -2.67. The molecule has 5 nitrogen and oxygen atoms in total. The van der Waals surface area contributed by atoms with Crippen LogP contribution in [0.1, 0.15) is 12.8 Å². The van der Waals surface area contributed by atoms with E-state index in [0.717, 1.165) is 0 Å². The van der Waals surface area contributed by atoms with Gasteiger partial charge in [-0.1, -0.05) is 0 Å². The lowest BCUT2D eigenvalue weighted by Crippen LogP contribution is -2.42. The minimum atomic E-state index is -1.36. The van der Waals surface area contributed by atoms with Gasteiger partial charge in [-0.05, 0) is 6.42 Å². The predicted molar refractivity (Wildman–Crippen MR) is 31.4 cm³/mol. The van der Waals surface area contributed by atoms with Crippen molar-refractivity contribution >= 4 is 11.9 Å². The molecule has 0 rings (SSSR count). The fourth-order valence-electron chi connectivity index (χ4n) is 0.416. The van der Waals surface area contributed by atoms with Gasteiger partial charge in [0.05, 0.1) is 5.97 Å². The summed E-state index contributed by atoms with van der Waals surface area (Å²) in [6.45, 7) is 0. The molecule has 0 bridgehead atoms. The van der Waals surface area contributed by atoms with Gasteiger partial charge in [-0.3, -0.25) is 4.79 Å². The Labute approximate surface area is 58.0 Å². The lowest BCUT2D eigenvalue weighted by atomic mass is 10.2. The van der Waals surface area contributed by atoms with E-state index in [0.29, 0.717) is 0 Å². The lowest BCUT2D eigenvalue weighted by Gasteiger charge is -2.09. The highest BCUT2D eigenvalue weighted by atomic mass is 16.4. The number of carboxylic acids is 1. The molecule has 0 aromatic carbocycles. The van der Waals surface area contributed by atoms with Crippen LogP contribution in [-0.4, -0.2) is 17.9 Å². The Morgan fingerprint density at radius 1 is 1.50 bits per heavy atom. The molecular formula is C5H9N2O3-. The highest BCUT2D eigenvalue weighted by molar-refractivity contribution is 5.76. The van der Waals surface area contributed by atoms with E-state index in [9.17, 15) is 14.7 Å². The van der Waals surface area contributed by atoms with E-state index >= 15 is 0 Å². The van der Waals surface area contributed by atoms with Gasteiger partial charge in [0.2, 0.25) is 5.91 Å². The molecule has 0 fully saturated rings. The summed E-state index contributed by atoms with van der Waals surface area (Å²) in [7, 11) is 0.